The van der Waals surface area contributed by atoms with Crippen molar-refractivity contribution >= 4 is 28.8 Å². The third kappa shape index (κ3) is 4.91. The lowest BCUT2D eigenvalue weighted by Gasteiger charge is -2.14. The van der Waals surface area contributed by atoms with Crippen molar-refractivity contribution in [2.24, 2.45) is 5.10 Å². The molecule has 0 fully saturated rings. The zero-order chi connectivity index (χ0) is 18.2. The Kier molecular flexibility index (Phi) is 6.28. The summed E-state index contributed by atoms with van der Waals surface area (Å²) in [5.41, 5.74) is 2.95. The third-order valence-corrected chi connectivity index (χ3v) is 3.27. The number of nitrogens with one attached hydrogen (secondary N) is 2. The molecule has 0 heterocycles. The molecular formula is C19H21N3O3. The number of hydrogen-bond donors (Lipinski definition) is 2. The Balaban J connectivity index is 2.24. The van der Waals surface area contributed by atoms with Crippen LogP contribution in [-0.4, -0.2) is 30.7 Å². The van der Waals surface area contributed by atoms with Gasteiger partial charge in [-0.15, -0.1) is 6.58 Å². The van der Waals surface area contributed by atoms with Gasteiger partial charge in [0.1, 0.15) is 5.75 Å². The zero-order valence-electron chi connectivity index (χ0n) is 14.3. The van der Waals surface area contributed by atoms with Crippen LogP contribution < -0.4 is 15.5 Å². The van der Waals surface area contributed by atoms with Crippen LogP contribution in [-0.2, 0) is 9.59 Å². The van der Waals surface area contributed by atoms with Gasteiger partial charge in [-0.1, -0.05) is 36.4 Å². The van der Waals surface area contributed by atoms with Crippen LogP contribution in [0.1, 0.15) is 19.4 Å². The second kappa shape index (κ2) is 8.63. The predicted molar refractivity (Wildman–Crippen MR) is 98.7 cm³/mol. The molecule has 0 radical (unpaired) electrons. The Morgan fingerprint density at radius 1 is 1.20 bits per heavy atom. The lowest BCUT2D eigenvalue weighted by Crippen LogP contribution is -2.37. The number of amides is 2. The van der Waals surface area contributed by atoms with Gasteiger partial charge in [0.05, 0.1) is 12.3 Å². The van der Waals surface area contributed by atoms with E-state index in [9.17, 15) is 9.59 Å². The number of carbonyl (C=O) groups excluding carboxylic acids is 2. The molecule has 2 amide bonds. The minimum atomic E-state index is -0.843. The fourth-order valence-electron chi connectivity index (χ4n) is 2.22. The second-order valence-electron chi connectivity index (χ2n) is 5.56. The van der Waals surface area contributed by atoms with E-state index in [1.165, 1.54) is 12.3 Å². The maximum absolute atomic E-state index is 11.7. The largest absolute Gasteiger partial charge is 0.490 e. The van der Waals surface area contributed by atoms with Crippen LogP contribution in [0.4, 0.5) is 0 Å². The minimum absolute atomic E-state index is 0.00687. The van der Waals surface area contributed by atoms with E-state index in [0.29, 0.717) is 5.75 Å². The number of nitrogens with zero attached hydrogens (tertiary/aromatic N) is 1. The van der Waals surface area contributed by atoms with Crippen LogP contribution in [0.3, 0.4) is 0 Å². The van der Waals surface area contributed by atoms with Gasteiger partial charge in [-0.25, -0.2) is 5.43 Å². The highest BCUT2D eigenvalue weighted by atomic mass is 16.5. The molecule has 25 heavy (non-hydrogen) atoms. The molecule has 2 aromatic rings. The van der Waals surface area contributed by atoms with Gasteiger partial charge in [0, 0.05) is 12.1 Å². The molecule has 0 spiro atoms. The predicted octanol–water partition coefficient (Wildman–Crippen LogP) is 2.38. The molecule has 0 unspecified atom stereocenters. The summed E-state index contributed by atoms with van der Waals surface area (Å²) in [5.74, 6) is -0.957. The standard InChI is InChI=1S/C19H21N3O3/c1-4-11-20-18(23)19(24)22-21-12-16-15-8-6-5-7-14(15)9-10-17(16)25-13(2)3/h4-10,12-13H,1,11H2,2-3H3,(H,20,23)(H,22,24)/b21-12-. The smallest absolute Gasteiger partial charge is 0.329 e. The normalized spacial score (nSPS) is 10.8. The quantitative estimate of drug-likeness (QED) is 0.367. The maximum Gasteiger partial charge on any atom is 0.329 e. The number of carbonyl (C=O) groups is 2. The maximum atomic E-state index is 11.7. The summed E-state index contributed by atoms with van der Waals surface area (Å²) in [6.45, 7) is 7.54. The number of hydrazone groups is 1. The number of hydrogen-bond acceptors (Lipinski definition) is 4. The van der Waals surface area contributed by atoms with Gasteiger partial charge in [0.15, 0.2) is 0 Å². The highest BCUT2D eigenvalue weighted by Crippen LogP contribution is 2.27. The molecule has 2 N–H and O–H groups in total. The molecule has 2 aromatic carbocycles. The average molecular weight is 339 g/mol. The van der Waals surface area contributed by atoms with Crippen molar-refractivity contribution < 1.29 is 14.3 Å². The van der Waals surface area contributed by atoms with Crippen LogP contribution >= 0.6 is 0 Å². The van der Waals surface area contributed by atoms with E-state index < -0.39 is 11.8 Å². The Morgan fingerprint density at radius 3 is 2.68 bits per heavy atom. The van der Waals surface area contributed by atoms with Gasteiger partial charge in [-0.2, -0.15) is 5.10 Å². The number of rotatable bonds is 6. The first kappa shape index (κ1) is 18.2. The highest BCUT2D eigenvalue weighted by molar-refractivity contribution is 6.35. The van der Waals surface area contributed by atoms with E-state index in [4.69, 9.17) is 4.74 Å². The first-order chi connectivity index (χ1) is 12.0. The fourth-order valence-corrected chi connectivity index (χ4v) is 2.22. The number of ether oxygens (including phenoxy) is 1. The van der Waals surface area contributed by atoms with E-state index >= 15 is 0 Å². The van der Waals surface area contributed by atoms with Gasteiger partial charge < -0.3 is 10.1 Å². The van der Waals surface area contributed by atoms with Gasteiger partial charge in [-0.05, 0) is 30.7 Å². The Hall–Kier alpha value is -3.15. The SMILES string of the molecule is C=CCNC(=O)C(=O)N/N=C\c1c(OC(C)C)ccc2ccccc12. The molecular weight excluding hydrogens is 318 g/mol. The molecule has 0 aliphatic rings. The van der Waals surface area contributed by atoms with Gasteiger partial charge in [0.25, 0.3) is 0 Å². The summed E-state index contributed by atoms with van der Waals surface area (Å²) in [6.07, 6.45) is 2.96. The fraction of sp³-hybridized carbons (Fsp3) is 0.211. The van der Waals surface area contributed by atoms with E-state index in [2.05, 4.69) is 22.4 Å². The lowest BCUT2D eigenvalue weighted by atomic mass is 10.0. The molecule has 0 atom stereocenters. The van der Waals surface area contributed by atoms with Crippen molar-refractivity contribution in [2.45, 2.75) is 20.0 Å². The minimum Gasteiger partial charge on any atom is -0.490 e. The molecule has 0 aliphatic carbocycles. The number of fused-ring (bicyclic) bond motifs is 1. The molecule has 6 nitrogen and oxygen atoms in total. The summed E-state index contributed by atoms with van der Waals surface area (Å²) in [5, 5.41) is 8.24. The highest BCUT2D eigenvalue weighted by Gasteiger charge is 2.12. The monoisotopic (exact) mass is 339 g/mol. The van der Waals surface area contributed by atoms with E-state index in [1.54, 1.807) is 0 Å². The topological polar surface area (TPSA) is 79.8 Å². The van der Waals surface area contributed by atoms with Crippen LogP contribution in [0.2, 0.25) is 0 Å². The van der Waals surface area contributed by atoms with Gasteiger partial charge >= 0.3 is 11.8 Å². The van der Waals surface area contributed by atoms with Gasteiger partial charge in [0.2, 0.25) is 0 Å². The van der Waals surface area contributed by atoms with E-state index in [0.717, 1.165) is 16.3 Å². The molecule has 0 saturated carbocycles. The first-order valence-corrected chi connectivity index (χ1v) is 7.93. The van der Waals surface area contributed by atoms with Crippen molar-refractivity contribution in [3.05, 3.63) is 54.6 Å². The second-order valence-corrected chi connectivity index (χ2v) is 5.56. The van der Waals surface area contributed by atoms with Crippen molar-refractivity contribution in [2.75, 3.05) is 6.54 Å². The molecule has 2 rings (SSSR count). The van der Waals surface area contributed by atoms with E-state index in [1.807, 2.05) is 50.2 Å². The molecule has 0 saturated heterocycles. The van der Waals surface area contributed by atoms with Gasteiger partial charge in [-0.3, -0.25) is 9.59 Å². The summed E-state index contributed by atoms with van der Waals surface area (Å²) in [4.78, 5) is 23.2. The third-order valence-electron chi connectivity index (χ3n) is 3.27. The van der Waals surface area contributed by atoms with Crippen LogP contribution in [0.15, 0.2) is 54.2 Å². The zero-order valence-corrected chi connectivity index (χ0v) is 14.3. The molecule has 0 bridgehead atoms. The van der Waals surface area contributed by atoms with Crippen molar-refractivity contribution in [1.29, 1.82) is 0 Å². The molecule has 0 aliphatic heterocycles. The Bertz CT molecular complexity index is 813. The van der Waals surface area contributed by atoms with Crippen LogP contribution in [0, 0.1) is 0 Å². The van der Waals surface area contributed by atoms with Crippen LogP contribution in [0.5, 0.6) is 5.75 Å². The van der Waals surface area contributed by atoms with E-state index in [-0.39, 0.29) is 12.6 Å². The summed E-state index contributed by atoms with van der Waals surface area (Å²) >= 11 is 0. The molecule has 130 valence electrons. The molecule has 0 aromatic heterocycles. The molecule has 6 heteroatoms. The lowest BCUT2D eigenvalue weighted by molar-refractivity contribution is -0.139. The Labute approximate surface area is 146 Å². The summed E-state index contributed by atoms with van der Waals surface area (Å²) < 4.78 is 5.82. The summed E-state index contributed by atoms with van der Waals surface area (Å²) in [6, 6.07) is 11.6. The summed E-state index contributed by atoms with van der Waals surface area (Å²) in [7, 11) is 0. The number of benzene rings is 2. The van der Waals surface area contributed by atoms with Crippen LogP contribution in [0.25, 0.3) is 10.8 Å². The average Bonchev–Trinajstić information content (AvgIpc) is 2.60. The first-order valence-electron chi connectivity index (χ1n) is 7.93. The van der Waals surface area contributed by atoms with Crippen molar-refractivity contribution in [3.63, 3.8) is 0 Å². The van der Waals surface area contributed by atoms with Crippen molar-refractivity contribution in [3.8, 4) is 5.75 Å². The van der Waals surface area contributed by atoms with Crippen molar-refractivity contribution in [1.82, 2.24) is 10.7 Å². The Morgan fingerprint density at radius 2 is 1.96 bits per heavy atom.